The number of amidine groups is 1. The molecule has 0 saturated carbocycles. The van der Waals surface area contributed by atoms with Crippen LogP contribution in [0.25, 0.3) is 11.3 Å². The molecular formula is C18H18N4S. The van der Waals surface area contributed by atoms with Crippen LogP contribution >= 0.6 is 11.8 Å². The van der Waals surface area contributed by atoms with Gasteiger partial charge in [0, 0.05) is 11.8 Å². The summed E-state index contributed by atoms with van der Waals surface area (Å²) in [7, 11) is 0. The molecule has 0 bridgehead atoms. The normalized spacial score (nSPS) is 11.5. The Morgan fingerprint density at radius 1 is 1.09 bits per heavy atom. The molecule has 1 aromatic heterocycles. The predicted molar refractivity (Wildman–Crippen MR) is 99.4 cm³/mol. The fraction of sp³-hybridized carbons (Fsp3) is 0.111. The summed E-state index contributed by atoms with van der Waals surface area (Å²) in [6.07, 6.45) is 1.99. The summed E-state index contributed by atoms with van der Waals surface area (Å²) in [6.45, 7) is 2.07. The highest BCUT2D eigenvalue weighted by Gasteiger charge is 2.05. The number of hydrogen-bond acceptors (Lipinski definition) is 3. The van der Waals surface area contributed by atoms with Gasteiger partial charge in [-0.3, -0.25) is 5.10 Å². The number of benzene rings is 2. The summed E-state index contributed by atoms with van der Waals surface area (Å²) in [6, 6.07) is 20.2. The van der Waals surface area contributed by atoms with E-state index in [4.69, 9.17) is 0 Å². The molecule has 0 radical (unpaired) electrons. The minimum atomic E-state index is 0.661. The standard InChI is InChI=1S/C18H18N4S/c1-13-8-6-7-11-15(13)19-18(23-2)20-17-12-16(21-22-17)14-9-4-3-5-10-14/h3-12H,1-2H3,(H2,19,20,21,22). The molecule has 0 atom stereocenters. The average molecular weight is 322 g/mol. The van der Waals surface area contributed by atoms with Crippen molar-refractivity contribution in [2.24, 2.45) is 4.99 Å². The van der Waals surface area contributed by atoms with E-state index in [1.165, 1.54) is 5.56 Å². The Kier molecular flexibility index (Phi) is 4.78. The molecule has 5 heteroatoms. The highest BCUT2D eigenvalue weighted by molar-refractivity contribution is 8.13. The highest BCUT2D eigenvalue weighted by Crippen LogP contribution is 2.22. The lowest BCUT2D eigenvalue weighted by molar-refractivity contribution is 1.09. The fourth-order valence-electron chi connectivity index (χ4n) is 2.19. The number of thioether (sulfide) groups is 1. The summed E-state index contributed by atoms with van der Waals surface area (Å²) in [5.41, 5.74) is 4.29. The van der Waals surface area contributed by atoms with Crippen LogP contribution in [0.1, 0.15) is 5.56 Å². The van der Waals surface area contributed by atoms with E-state index < -0.39 is 0 Å². The monoisotopic (exact) mass is 322 g/mol. The van der Waals surface area contributed by atoms with Crippen molar-refractivity contribution in [3.05, 3.63) is 66.2 Å². The molecule has 0 unspecified atom stereocenters. The number of H-pyrrole nitrogens is 1. The van der Waals surface area contributed by atoms with Gasteiger partial charge < -0.3 is 5.32 Å². The maximum atomic E-state index is 4.59. The van der Waals surface area contributed by atoms with Crippen LogP contribution in [0.5, 0.6) is 0 Å². The van der Waals surface area contributed by atoms with Crippen LogP contribution in [0, 0.1) is 6.92 Å². The van der Waals surface area contributed by atoms with Crippen LogP contribution in [0.4, 0.5) is 11.5 Å². The van der Waals surface area contributed by atoms with Gasteiger partial charge in [0.1, 0.15) is 0 Å². The largest absolute Gasteiger partial charge is 0.334 e. The van der Waals surface area contributed by atoms with Gasteiger partial charge in [0.25, 0.3) is 0 Å². The van der Waals surface area contributed by atoms with Gasteiger partial charge in [-0.2, -0.15) is 5.10 Å². The molecule has 1 heterocycles. The first-order chi connectivity index (χ1) is 11.3. The second-order valence-corrected chi connectivity index (χ2v) is 5.86. The molecule has 4 nitrogen and oxygen atoms in total. The van der Waals surface area contributed by atoms with Crippen LogP contribution in [0.3, 0.4) is 0 Å². The predicted octanol–water partition coefficient (Wildman–Crippen LogP) is 4.85. The Morgan fingerprint density at radius 2 is 1.83 bits per heavy atom. The number of para-hydroxylation sites is 1. The average Bonchev–Trinajstić information content (AvgIpc) is 3.05. The van der Waals surface area contributed by atoms with E-state index >= 15 is 0 Å². The first-order valence-electron chi connectivity index (χ1n) is 7.32. The molecule has 0 aliphatic carbocycles. The van der Waals surface area contributed by atoms with Gasteiger partial charge in [0.05, 0.1) is 5.69 Å². The van der Waals surface area contributed by atoms with Crippen molar-refractivity contribution in [3.63, 3.8) is 0 Å². The molecule has 0 amide bonds. The van der Waals surface area contributed by atoms with Crippen LogP contribution in [0.2, 0.25) is 0 Å². The summed E-state index contributed by atoms with van der Waals surface area (Å²) >= 11 is 1.56. The quantitative estimate of drug-likeness (QED) is 0.535. The lowest BCUT2D eigenvalue weighted by Crippen LogP contribution is -2.07. The van der Waals surface area contributed by atoms with Crippen molar-refractivity contribution in [1.82, 2.24) is 10.2 Å². The Balaban J connectivity index is 1.82. The lowest BCUT2D eigenvalue weighted by atomic mass is 10.2. The first-order valence-corrected chi connectivity index (χ1v) is 8.55. The Labute approximate surface area is 140 Å². The minimum Gasteiger partial charge on any atom is -0.334 e. The molecule has 0 fully saturated rings. The number of aryl methyl sites for hydroxylation is 1. The number of aliphatic imine (C=N–C) groups is 1. The molecule has 2 N–H and O–H groups in total. The van der Waals surface area contributed by atoms with E-state index in [0.29, 0.717) is 5.82 Å². The third kappa shape index (κ3) is 3.81. The van der Waals surface area contributed by atoms with Crippen molar-refractivity contribution >= 4 is 28.4 Å². The highest BCUT2D eigenvalue weighted by atomic mass is 32.2. The lowest BCUT2D eigenvalue weighted by Gasteiger charge is -2.09. The van der Waals surface area contributed by atoms with Gasteiger partial charge in [-0.25, -0.2) is 4.99 Å². The molecule has 3 rings (SSSR count). The van der Waals surface area contributed by atoms with Crippen molar-refractivity contribution in [3.8, 4) is 11.3 Å². The van der Waals surface area contributed by atoms with Crippen molar-refractivity contribution in [2.45, 2.75) is 6.92 Å². The van der Waals surface area contributed by atoms with E-state index in [1.54, 1.807) is 11.8 Å². The third-order valence-electron chi connectivity index (χ3n) is 3.45. The van der Waals surface area contributed by atoms with Crippen LogP contribution in [-0.4, -0.2) is 21.6 Å². The zero-order valence-electron chi connectivity index (χ0n) is 13.1. The SMILES string of the molecule is CSC(=Nc1cc(-c2ccccc2)[nH]n1)Nc1ccccc1C. The Hall–Kier alpha value is -2.53. The van der Waals surface area contributed by atoms with Crippen LogP contribution in [-0.2, 0) is 0 Å². The maximum absolute atomic E-state index is 4.59. The molecular weight excluding hydrogens is 304 g/mol. The first kappa shape index (κ1) is 15.4. The number of aromatic nitrogens is 2. The number of hydrogen-bond donors (Lipinski definition) is 2. The molecule has 0 spiro atoms. The van der Waals surface area contributed by atoms with Crippen LogP contribution in [0.15, 0.2) is 65.7 Å². The molecule has 23 heavy (non-hydrogen) atoms. The number of anilines is 1. The molecule has 116 valence electrons. The molecule has 2 aromatic carbocycles. The van der Waals surface area contributed by atoms with Gasteiger partial charge in [-0.1, -0.05) is 60.3 Å². The van der Waals surface area contributed by atoms with Crippen molar-refractivity contribution in [1.29, 1.82) is 0 Å². The molecule has 0 aliphatic heterocycles. The van der Waals surface area contributed by atoms with Crippen molar-refractivity contribution < 1.29 is 0 Å². The summed E-state index contributed by atoms with van der Waals surface area (Å²) in [5, 5.41) is 11.5. The minimum absolute atomic E-state index is 0.661. The van der Waals surface area contributed by atoms with E-state index in [1.807, 2.05) is 60.9 Å². The summed E-state index contributed by atoms with van der Waals surface area (Å²) in [4.78, 5) is 4.59. The molecule has 0 saturated heterocycles. The summed E-state index contributed by atoms with van der Waals surface area (Å²) < 4.78 is 0. The van der Waals surface area contributed by atoms with Gasteiger partial charge >= 0.3 is 0 Å². The summed E-state index contributed by atoms with van der Waals surface area (Å²) in [5.74, 6) is 0.661. The van der Waals surface area contributed by atoms with Gasteiger partial charge in [0.15, 0.2) is 11.0 Å². The zero-order chi connectivity index (χ0) is 16.1. The van der Waals surface area contributed by atoms with E-state index in [2.05, 4.69) is 33.5 Å². The smallest absolute Gasteiger partial charge is 0.176 e. The van der Waals surface area contributed by atoms with E-state index in [9.17, 15) is 0 Å². The van der Waals surface area contributed by atoms with Gasteiger partial charge in [0.2, 0.25) is 0 Å². The Bertz CT molecular complexity index is 809. The number of nitrogens with zero attached hydrogens (tertiary/aromatic N) is 2. The second-order valence-electron chi connectivity index (χ2n) is 5.07. The van der Waals surface area contributed by atoms with E-state index in [-0.39, 0.29) is 0 Å². The molecule has 3 aromatic rings. The van der Waals surface area contributed by atoms with Gasteiger partial charge in [-0.15, -0.1) is 0 Å². The fourth-order valence-corrected chi connectivity index (χ4v) is 2.59. The number of rotatable bonds is 3. The molecule has 0 aliphatic rings. The Morgan fingerprint density at radius 3 is 2.57 bits per heavy atom. The van der Waals surface area contributed by atoms with Crippen molar-refractivity contribution in [2.75, 3.05) is 11.6 Å². The van der Waals surface area contributed by atoms with Crippen LogP contribution < -0.4 is 5.32 Å². The van der Waals surface area contributed by atoms with Gasteiger partial charge in [-0.05, 0) is 30.4 Å². The topological polar surface area (TPSA) is 53.1 Å². The number of nitrogens with one attached hydrogen (secondary N) is 2. The third-order valence-corrected chi connectivity index (χ3v) is 4.03. The van der Waals surface area contributed by atoms with E-state index in [0.717, 1.165) is 22.1 Å². The number of aromatic amines is 1. The maximum Gasteiger partial charge on any atom is 0.176 e. The second kappa shape index (κ2) is 7.15. The zero-order valence-corrected chi connectivity index (χ0v) is 13.9.